The molecule has 7 heteroatoms. The topological polar surface area (TPSA) is 37.3 Å². The molecule has 0 aromatic heterocycles. The highest BCUT2D eigenvalue weighted by atomic mass is 79.9. The van der Waals surface area contributed by atoms with E-state index < -0.39 is 22.8 Å². The average Bonchev–Trinajstić information content (AvgIpc) is 2.61. The molecule has 2 unspecified atom stereocenters. The molecule has 2 rings (SSSR count). The van der Waals surface area contributed by atoms with Crippen molar-refractivity contribution in [1.82, 2.24) is 0 Å². The fourth-order valence-corrected chi connectivity index (χ4v) is 5.91. The van der Waals surface area contributed by atoms with Gasteiger partial charge >= 0.3 is 5.25 Å². The van der Waals surface area contributed by atoms with Gasteiger partial charge in [0.25, 0.3) is 0 Å². The Morgan fingerprint density at radius 2 is 1.72 bits per heavy atom. The Balaban J connectivity index is 2.19. The summed E-state index contributed by atoms with van der Waals surface area (Å²) in [5.41, 5.74) is 1.02. The molecule has 2 aromatic rings. The monoisotopic (exact) mass is 449 g/mol. The molecule has 1 N–H and O–H groups in total. The van der Waals surface area contributed by atoms with Crippen molar-refractivity contribution in [3.05, 3.63) is 60.2 Å². The summed E-state index contributed by atoms with van der Waals surface area (Å²) in [5, 5.41) is -2.70. The molecule has 0 saturated carbocycles. The number of halogens is 3. The van der Waals surface area contributed by atoms with Crippen molar-refractivity contribution < 1.29 is 17.5 Å². The van der Waals surface area contributed by atoms with Crippen LogP contribution in [0, 0.1) is 0 Å². The minimum absolute atomic E-state index is 0.140. The maximum absolute atomic E-state index is 13.3. The molecule has 136 valence electrons. The van der Waals surface area contributed by atoms with Crippen LogP contribution in [0.25, 0.3) is 0 Å². The summed E-state index contributed by atoms with van der Waals surface area (Å²) in [6, 6.07) is 18.0. The summed E-state index contributed by atoms with van der Waals surface area (Å²) in [5.74, 6) is 0.928. The Morgan fingerprint density at radius 1 is 1.08 bits per heavy atom. The second-order valence-corrected chi connectivity index (χ2v) is 9.43. The Morgan fingerprint density at radius 3 is 2.36 bits per heavy atom. The van der Waals surface area contributed by atoms with Crippen molar-refractivity contribution in [1.29, 1.82) is 0 Å². The van der Waals surface area contributed by atoms with E-state index in [1.54, 1.807) is 0 Å². The van der Waals surface area contributed by atoms with Gasteiger partial charge in [0.2, 0.25) is 11.1 Å². The first-order valence-electron chi connectivity index (χ1n) is 7.84. The number of hydrogen-bond donors (Lipinski definition) is 1. The van der Waals surface area contributed by atoms with E-state index in [0.717, 1.165) is 21.5 Å². The van der Waals surface area contributed by atoms with E-state index in [1.165, 1.54) is 4.90 Å². The van der Waals surface area contributed by atoms with Crippen LogP contribution in [0.1, 0.15) is 18.4 Å². The molecule has 2 aromatic carbocycles. The van der Waals surface area contributed by atoms with Crippen molar-refractivity contribution in [3.8, 4) is 0 Å². The number of benzene rings is 2. The maximum atomic E-state index is 13.3. The Hall–Kier alpha value is -0.760. The lowest BCUT2D eigenvalue weighted by atomic mass is 10.1. The smallest absolute Gasteiger partial charge is 0.301 e. The molecule has 0 saturated heterocycles. The highest BCUT2D eigenvalue weighted by molar-refractivity contribution is 9.09. The number of alkyl halides is 3. The Kier molecular flexibility index (Phi) is 8.06. The summed E-state index contributed by atoms with van der Waals surface area (Å²) >= 11 is 0.392. The summed E-state index contributed by atoms with van der Waals surface area (Å²) in [6.07, 6.45) is 0.0280. The fraction of sp³-hybridized carbons (Fsp3) is 0.333. The van der Waals surface area contributed by atoms with Crippen LogP contribution in [0.3, 0.4) is 0 Å². The van der Waals surface area contributed by atoms with Gasteiger partial charge in [-0.25, -0.2) is 4.21 Å². The summed E-state index contributed by atoms with van der Waals surface area (Å²) < 4.78 is 46.0. The molecule has 0 aliphatic rings. The molecule has 0 aliphatic heterocycles. The Labute approximate surface area is 160 Å². The van der Waals surface area contributed by atoms with Crippen LogP contribution in [0.4, 0.5) is 8.78 Å². The van der Waals surface area contributed by atoms with Crippen LogP contribution >= 0.6 is 15.9 Å². The van der Waals surface area contributed by atoms with Gasteiger partial charge in [-0.1, -0.05) is 52.3 Å². The van der Waals surface area contributed by atoms with Crippen molar-refractivity contribution in [2.75, 3.05) is 11.1 Å². The molecule has 0 heterocycles. The standard InChI is InChI=1S/C18H19BrF2O2S2/c19-13-14-24(16-9-2-1-3-10-16)17-11-5-4-7-15(17)8-6-12-18(20,21)25(22)23/h1-5,7,9-11H,6,8,12-14H2/p+1. The molecule has 0 bridgehead atoms. The van der Waals surface area contributed by atoms with E-state index in [2.05, 4.69) is 34.1 Å². The van der Waals surface area contributed by atoms with Crippen molar-refractivity contribution >= 4 is 37.9 Å². The van der Waals surface area contributed by atoms with Gasteiger partial charge in [0, 0.05) is 17.3 Å². The van der Waals surface area contributed by atoms with Gasteiger partial charge in [-0.15, -0.1) is 0 Å². The lowest BCUT2D eigenvalue weighted by molar-refractivity contribution is 0.0780. The zero-order valence-corrected chi connectivity index (χ0v) is 16.8. The molecular formula is C18H20BrF2O2S2+. The third-order valence-electron chi connectivity index (χ3n) is 3.72. The van der Waals surface area contributed by atoms with Crippen LogP contribution in [0.2, 0.25) is 0 Å². The summed E-state index contributed by atoms with van der Waals surface area (Å²) in [7, 11) is -0.140. The average molecular weight is 450 g/mol. The van der Waals surface area contributed by atoms with Crippen LogP contribution in [0.5, 0.6) is 0 Å². The maximum Gasteiger partial charge on any atom is 0.345 e. The van der Waals surface area contributed by atoms with Crippen molar-refractivity contribution in [2.24, 2.45) is 0 Å². The highest BCUT2D eigenvalue weighted by Crippen LogP contribution is 2.30. The van der Waals surface area contributed by atoms with Crippen LogP contribution in [0.15, 0.2) is 64.4 Å². The fourth-order valence-electron chi connectivity index (χ4n) is 2.54. The predicted octanol–water partition coefficient (Wildman–Crippen LogP) is 5.26. The normalized spacial score (nSPS) is 14.2. The molecular weight excluding hydrogens is 430 g/mol. The first-order valence-corrected chi connectivity index (χ1v) is 11.5. The third-order valence-corrected chi connectivity index (χ3v) is 7.74. The van der Waals surface area contributed by atoms with E-state index in [4.69, 9.17) is 4.55 Å². The lowest BCUT2D eigenvalue weighted by Gasteiger charge is -2.13. The van der Waals surface area contributed by atoms with Gasteiger partial charge in [0.15, 0.2) is 9.79 Å². The summed E-state index contributed by atoms with van der Waals surface area (Å²) in [4.78, 5) is 2.37. The number of aryl methyl sites for hydroxylation is 1. The van der Waals surface area contributed by atoms with Crippen molar-refractivity contribution in [2.45, 2.75) is 34.3 Å². The van der Waals surface area contributed by atoms with Gasteiger partial charge < -0.3 is 4.55 Å². The summed E-state index contributed by atoms with van der Waals surface area (Å²) in [6.45, 7) is 0. The zero-order chi connectivity index (χ0) is 18.3. The largest absolute Gasteiger partial charge is 0.345 e. The number of hydrogen-bond acceptors (Lipinski definition) is 1. The highest BCUT2D eigenvalue weighted by Gasteiger charge is 2.36. The molecule has 0 fully saturated rings. The van der Waals surface area contributed by atoms with Gasteiger partial charge in [0.1, 0.15) is 5.75 Å². The quantitative estimate of drug-likeness (QED) is 0.322. The number of rotatable bonds is 9. The molecule has 2 atom stereocenters. The first kappa shape index (κ1) is 20.6. The van der Waals surface area contributed by atoms with E-state index >= 15 is 0 Å². The van der Waals surface area contributed by atoms with Crippen LogP contribution < -0.4 is 0 Å². The van der Waals surface area contributed by atoms with Gasteiger partial charge in [-0.2, -0.15) is 8.78 Å². The molecule has 0 radical (unpaired) electrons. The van der Waals surface area contributed by atoms with Crippen molar-refractivity contribution in [3.63, 3.8) is 0 Å². The Bertz CT molecular complexity index is 698. The third kappa shape index (κ3) is 5.88. The second-order valence-electron chi connectivity index (χ2n) is 5.44. The van der Waals surface area contributed by atoms with E-state index in [1.807, 2.05) is 36.4 Å². The molecule has 2 nitrogen and oxygen atoms in total. The predicted molar refractivity (Wildman–Crippen MR) is 104 cm³/mol. The molecule has 0 spiro atoms. The minimum Gasteiger partial charge on any atom is -0.301 e. The van der Waals surface area contributed by atoms with Gasteiger partial charge in [-0.05, 0) is 31.0 Å². The van der Waals surface area contributed by atoms with Gasteiger partial charge in [0.05, 0.1) is 10.9 Å². The molecule has 0 amide bonds. The van der Waals surface area contributed by atoms with E-state index in [-0.39, 0.29) is 17.3 Å². The zero-order valence-electron chi connectivity index (χ0n) is 13.5. The van der Waals surface area contributed by atoms with Crippen LogP contribution in [-0.4, -0.2) is 25.1 Å². The van der Waals surface area contributed by atoms with Crippen LogP contribution in [-0.2, 0) is 28.4 Å². The van der Waals surface area contributed by atoms with E-state index in [0.29, 0.717) is 6.42 Å². The first-order chi connectivity index (χ1) is 12.0. The van der Waals surface area contributed by atoms with Gasteiger partial charge in [-0.3, -0.25) is 0 Å². The SMILES string of the molecule is O=S(O)C(F)(F)CCCc1ccccc1[S+](CCBr)c1ccccc1. The molecule has 25 heavy (non-hydrogen) atoms. The second kappa shape index (κ2) is 9.80. The lowest BCUT2D eigenvalue weighted by Crippen LogP contribution is -2.22. The minimum atomic E-state index is -3.55. The molecule has 0 aliphatic carbocycles. The van der Waals surface area contributed by atoms with E-state index in [9.17, 15) is 13.0 Å².